The van der Waals surface area contributed by atoms with Crippen molar-refractivity contribution in [3.05, 3.63) is 57.7 Å². The van der Waals surface area contributed by atoms with Gasteiger partial charge in [0.1, 0.15) is 0 Å². The number of nitrogens with one attached hydrogen (secondary N) is 1. The van der Waals surface area contributed by atoms with Gasteiger partial charge in [0.2, 0.25) is 5.91 Å². The van der Waals surface area contributed by atoms with Gasteiger partial charge < -0.3 is 10.2 Å². The summed E-state index contributed by atoms with van der Waals surface area (Å²) < 4.78 is 1.06. The maximum absolute atomic E-state index is 12.4. The van der Waals surface area contributed by atoms with Crippen LogP contribution in [-0.4, -0.2) is 18.5 Å². The Morgan fingerprint density at radius 1 is 1.23 bits per heavy atom. The van der Waals surface area contributed by atoms with E-state index in [4.69, 9.17) is 0 Å². The van der Waals surface area contributed by atoms with Crippen molar-refractivity contribution in [3.8, 4) is 0 Å². The highest BCUT2D eigenvalue weighted by Gasteiger charge is 2.24. The number of hydrogen-bond acceptors (Lipinski definition) is 2. The van der Waals surface area contributed by atoms with Crippen LogP contribution in [0, 0.1) is 3.57 Å². The summed E-state index contributed by atoms with van der Waals surface area (Å²) >= 11 is 2.24. The molecule has 0 radical (unpaired) electrons. The molecule has 2 aromatic rings. The van der Waals surface area contributed by atoms with Crippen molar-refractivity contribution in [3.63, 3.8) is 0 Å². The van der Waals surface area contributed by atoms with E-state index < -0.39 is 0 Å². The second kappa shape index (κ2) is 6.69. The second-order valence-electron chi connectivity index (χ2n) is 5.67. The number of rotatable bonds is 3. The van der Waals surface area contributed by atoms with Gasteiger partial charge in [0.15, 0.2) is 0 Å². The van der Waals surface area contributed by atoms with E-state index in [1.54, 1.807) is 0 Å². The molecule has 0 aromatic heterocycles. The van der Waals surface area contributed by atoms with Crippen molar-refractivity contribution in [2.75, 3.05) is 16.8 Å². The van der Waals surface area contributed by atoms with Gasteiger partial charge >= 0.3 is 0 Å². The maximum atomic E-state index is 12.4. The van der Waals surface area contributed by atoms with Gasteiger partial charge in [0.05, 0.1) is 12.2 Å². The van der Waals surface area contributed by atoms with E-state index in [2.05, 4.69) is 57.9 Å². The molecule has 0 saturated heterocycles. The Hall–Kier alpha value is -1.56. The summed E-state index contributed by atoms with van der Waals surface area (Å²) in [5.74, 6) is 0.0349. The van der Waals surface area contributed by atoms with Crippen LogP contribution < -0.4 is 10.2 Å². The second-order valence-corrected chi connectivity index (χ2v) is 6.83. The van der Waals surface area contributed by atoms with E-state index in [9.17, 15) is 4.79 Å². The third-order valence-corrected chi connectivity index (χ3v) is 5.07. The van der Waals surface area contributed by atoms with Crippen LogP contribution in [0.3, 0.4) is 0 Å². The van der Waals surface area contributed by atoms with Crippen LogP contribution in [0.2, 0.25) is 0 Å². The third kappa shape index (κ3) is 3.27. The van der Waals surface area contributed by atoms with Gasteiger partial charge in [-0.25, -0.2) is 0 Å². The molecule has 1 amide bonds. The summed E-state index contributed by atoms with van der Waals surface area (Å²) in [7, 11) is 0. The van der Waals surface area contributed by atoms with E-state index in [1.807, 2.05) is 30.3 Å². The molecular formula is C18H19IN2O. The summed E-state index contributed by atoms with van der Waals surface area (Å²) in [6, 6.07) is 16.6. The zero-order valence-electron chi connectivity index (χ0n) is 12.6. The minimum Gasteiger partial charge on any atom is -0.359 e. The average Bonchev–Trinajstić information content (AvgIpc) is 2.52. The molecule has 22 heavy (non-hydrogen) atoms. The van der Waals surface area contributed by atoms with Gasteiger partial charge in [0, 0.05) is 15.3 Å². The van der Waals surface area contributed by atoms with Crippen LogP contribution in [-0.2, 0) is 11.2 Å². The highest BCUT2D eigenvalue weighted by molar-refractivity contribution is 14.1. The highest BCUT2D eigenvalue weighted by atomic mass is 127. The molecule has 0 unspecified atom stereocenters. The van der Waals surface area contributed by atoms with Crippen LogP contribution in [0.25, 0.3) is 0 Å². The molecule has 2 aromatic carbocycles. The molecule has 1 aliphatic heterocycles. The Balaban J connectivity index is 1.75. The molecule has 1 heterocycles. The molecule has 4 heteroatoms. The largest absolute Gasteiger partial charge is 0.359 e. The molecule has 114 valence electrons. The molecule has 1 aliphatic rings. The fraction of sp³-hybridized carbons (Fsp3) is 0.278. The van der Waals surface area contributed by atoms with E-state index in [-0.39, 0.29) is 5.91 Å². The van der Waals surface area contributed by atoms with E-state index >= 15 is 0 Å². The quantitative estimate of drug-likeness (QED) is 0.780. The molecule has 0 bridgehead atoms. The zero-order chi connectivity index (χ0) is 15.5. The predicted octanol–water partition coefficient (Wildman–Crippen LogP) is 4.07. The Kier molecular flexibility index (Phi) is 4.66. The number of aryl methyl sites for hydroxylation is 1. The minimum atomic E-state index is 0.0349. The standard InChI is InChI=1S/C18H19IN2O/c1-13-10-11-14-6-2-5-9-17(14)21(13)12-18(22)20-16-8-4-3-7-15(16)19/h2-9,13H,10-12H2,1H3,(H,20,22)/t13-/m1/s1. The van der Waals surface area contributed by atoms with Crippen LogP contribution in [0.1, 0.15) is 18.9 Å². The van der Waals surface area contributed by atoms with Crippen molar-refractivity contribution in [1.29, 1.82) is 0 Å². The van der Waals surface area contributed by atoms with Crippen LogP contribution >= 0.6 is 22.6 Å². The molecule has 0 spiro atoms. The Bertz CT molecular complexity index is 686. The lowest BCUT2D eigenvalue weighted by Crippen LogP contribution is -2.42. The number of amides is 1. The number of carbonyl (C=O) groups excluding carboxylic acids is 1. The number of nitrogens with zero attached hydrogens (tertiary/aromatic N) is 1. The first-order chi connectivity index (χ1) is 10.6. The third-order valence-electron chi connectivity index (χ3n) is 4.13. The van der Waals surface area contributed by atoms with Crippen LogP contribution in [0.5, 0.6) is 0 Å². The lowest BCUT2D eigenvalue weighted by atomic mass is 9.96. The first-order valence-corrected chi connectivity index (χ1v) is 8.62. The summed E-state index contributed by atoms with van der Waals surface area (Å²) in [6.45, 7) is 2.58. The normalized spacial score (nSPS) is 17.0. The molecule has 0 saturated carbocycles. The topological polar surface area (TPSA) is 32.3 Å². The number of hydrogen-bond donors (Lipinski definition) is 1. The highest BCUT2D eigenvalue weighted by Crippen LogP contribution is 2.30. The van der Waals surface area contributed by atoms with Crippen molar-refractivity contribution >= 4 is 39.9 Å². The Labute approximate surface area is 144 Å². The Morgan fingerprint density at radius 2 is 1.95 bits per heavy atom. The molecule has 0 aliphatic carbocycles. The first kappa shape index (κ1) is 15.3. The summed E-state index contributed by atoms with van der Waals surface area (Å²) in [5.41, 5.74) is 3.41. The first-order valence-electron chi connectivity index (χ1n) is 7.54. The number of benzene rings is 2. The van der Waals surface area contributed by atoms with Gasteiger partial charge in [-0.15, -0.1) is 0 Å². The average molecular weight is 406 g/mol. The van der Waals surface area contributed by atoms with Crippen molar-refractivity contribution in [1.82, 2.24) is 0 Å². The number of halogens is 1. The molecule has 0 fully saturated rings. The van der Waals surface area contributed by atoms with Crippen LogP contribution in [0.15, 0.2) is 48.5 Å². The Morgan fingerprint density at radius 3 is 2.77 bits per heavy atom. The zero-order valence-corrected chi connectivity index (χ0v) is 14.7. The van der Waals surface area contributed by atoms with Gasteiger partial charge in [0.25, 0.3) is 0 Å². The van der Waals surface area contributed by atoms with Gasteiger partial charge in [-0.1, -0.05) is 30.3 Å². The number of carbonyl (C=O) groups is 1. The summed E-state index contributed by atoms with van der Waals surface area (Å²) in [4.78, 5) is 14.6. The number of para-hydroxylation sites is 2. The lowest BCUT2D eigenvalue weighted by Gasteiger charge is -2.36. The van der Waals surface area contributed by atoms with Crippen molar-refractivity contribution in [2.45, 2.75) is 25.8 Å². The monoisotopic (exact) mass is 406 g/mol. The van der Waals surface area contributed by atoms with Crippen LogP contribution in [0.4, 0.5) is 11.4 Å². The lowest BCUT2D eigenvalue weighted by molar-refractivity contribution is -0.115. The van der Waals surface area contributed by atoms with Gasteiger partial charge in [-0.3, -0.25) is 4.79 Å². The molecule has 3 nitrogen and oxygen atoms in total. The fourth-order valence-electron chi connectivity index (χ4n) is 2.91. The molecule has 3 rings (SSSR count). The van der Waals surface area contributed by atoms with E-state index in [0.717, 1.165) is 22.1 Å². The minimum absolute atomic E-state index is 0.0349. The van der Waals surface area contributed by atoms with Gasteiger partial charge in [-0.05, 0) is 66.1 Å². The molecule has 1 N–H and O–H groups in total. The fourth-order valence-corrected chi connectivity index (χ4v) is 3.43. The van der Waals surface area contributed by atoms with E-state index in [1.165, 1.54) is 11.3 Å². The number of fused-ring (bicyclic) bond motifs is 1. The predicted molar refractivity (Wildman–Crippen MR) is 99.4 cm³/mol. The SMILES string of the molecule is C[C@@H]1CCc2ccccc2N1CC(=O)Nc1ccccc1I. The smallest absolute Gasteiger partial charge is 0.243 e. The van der Waals surface area contributed by atoms with Gasteiger partial charge in [-0.2, -0.15) is 0 Å². The summed E-state index contributed by atoms with van der Waals surface area (Å²) in [5, 5.41) is 3.02. The molecular weight excluding hydrogens is 387 g/mol. The molecule has 1 atom stereocenters. The maximum Gasteiger partial charge on any atom is 0.243 e. The van der Waals surface area contributed by atoms with Crippen molar-refractivity contribution in [2.24, 2.45) is 0 Å². The summed E-state index contributed by atoms with van der Waals surface area (Å²) in [6.07, 6.45) is 2.18. The van der Waals surface area contributed by atoms with E-state index in [0.29, 0.717) is 12.6 Å². The number of anilines is 2. The van der Waals surface area contributed by atoms with Crippen molar-refractivity contribution < 1.29 is 4.79 Å².